The molecule has 0 N–H and O–H groups in total. The Morgan fingerprint density at radius 3 is 1.62 bits per heavy atom. The van der Waals surface area contributed by atoms with E-state index in [0.717, 1.165) is 6.42 Å². The zero-order valence-corrected chi connectivity index (χ0v) is 48.9. The van der Waals surface area contributed by atoms with Crippen LogP contribution in [-0.4, -0.2) is 0 Å². The van der Waals surface area contributed by atoms with E-state index in [1.807, 2.05) is 0 Å². The normalized spacial score (nSPS) is 20.7. The molecular weight excluding hydrogens is 929 g/mol. The van der Waals surface area contributed by atoms with Crippen LogP contribution in [0.15, 0.2) is 145 Å². The van der Waals surface area contributed by atoms with E-state index >= 15 is 0 Å². The van der Waals surface area contributed by atoms with Crippen molar-refractivity contribution in [1.29, 1.82) is 0 Å². The van der Waals surface area contributed by atoms with E-state index in [4.69, 9.17) is 0 Å². The Hall–Kier alpha value is -6.64. The summed E-state index contributed by atoms with van der Waals surface area (Å²) in [7, 11) is 0. The van der Waals surface area contributed by atoms with Crippen LogP contribution in [0.5, 0.6) is 0 Å². The summed E-state index contributed by atoms with van der Waals surface area (Å²) < 4.78 is 0. The number of aryl methyl sites for hydroxylation is 1. The predicted molar refractivity (Wildman–Crippen MR) is 326 cm³/mol. The quantitative estimate of drug-likeness (QED) is 0.170. The first kappa shape index (κ1) is 48.7. The smallest absolute Gasteiger partial charge is 0.0542 e. The lowest BCUT2D eigenvalue weighted by atomic mass is 9.54. The van der Waals surface area contributed by atoms with E-state index in [0.29, 0.717) is 0 Å². The van der Waals surface area contributed by atoms with E-state index in [1.54, 1.807) is 0 Å². The molecule has 0 bridgehead atoms. The summed E-state index contributed by atoms with van der Waals surface area (Å²) in [6, 6.07) is 56.1. The molecule has 0 spiro atoms. The van der Waals surface area contributed by atoms with Crippen molar-refractivity contribution in [3.63, 3.8) is 0 Å². The Balaban J connectivity index is 1.08. The molecule has 77 heavy (non-hydrogen) atoms. The molecule has 2 heteroatoms. The molecule has 388 valence electrons. The lowest BCUT2D eigenvalue weighted by Gasteiger charge is -2.50. The fourth-order valence-electron chi connectivity index (χ4n) is 16.1. The molecule has 2 heterocycles. The fourth-order valence-corrected chi connectivity index (χ4v) is 16.1. The summed E-state index contributed by atoms with van der Waals surface area (Å²) in [6.07, 6.45) is 3.28. The standard InChI is InChI=1S/C75H78N2/c1-43-34-64-67-65(35-43)77(62-27-21-23-44-22-17-18-24-48(44)62)63-42-61-56(74(13,14)59-40-57-58(41-60(59)75(61,15)16)73(11,12)54-26-20-19-25-53(54)72(57,9)10)39-50(63)66(67)51-36-45-28-29-46(69(2,3)4)37-49(45)68(51)76(64)47-30-31-52-55(38-47)71(7,8)33-32-70(52,5)6/h17-31,34-35,37-42,66H,32-33,36H2,1-16H3. The van der Waals surface area contributed by atoms with E-state index in [1.165, 1.54) is 152 Å². The summed E-state index contributed by atoms with van der Waals surface area (Å²) >= 11 is 0. The third kappa shape index (κ3) is 6.48. The van der Waals surface area contributed by atoms with Crippen molar-refractivity contribution in [1.82, 2.24) is 0 Å². The molecular formula is C75H78N2. The zero-order chi connectivity index (χ0) is 54.1. The average Bonchev–Trinajstić information content (AvgIpc) is 3.37. The van der Waals surface area contributed by atoms with Crippen LogP contribution >= 0.6 is 0 Å². The van der Waals surface area contributed by atoms with Gasteiger partial charge in [0.05, 0.1) is 28.4 Å². The van der Waals surface area contributed by atoms with Crippen molar-refractivity contribution in [2.75, 3.05) is 9.80 Å². The van der Waals surface area contributed by atoms with Crippen LogP contribution in [0.1, 0.15) is 212 Å². The lowest BCUT2D eigenvalue weighted by Crippen LogP contribution is -2.41. The van der Waals surface area contributed by atoms with Gasteiger partial charge in [-0.1, -0.05) is 201 Å². The summed E-state index contributed by atoms with van der Waals surface area (Å²) in [5.41, 5.74) is 31.6. The van der Waals surface area contributed by atoms with Gasteiger partial charge >= 0.3 is 0 Å². The first-order valence-corrected chi connectivity index (χ1v) is 29.0. The van der Waals surface area contributed by atoms with Crippen LogP contribution in [0.3, 0.4) is 0 Å². The van der Waals surface area contributed by atoms with E-state index < -0.39 is 0 Å². The topological polar surface area (TPSA) is 6.48 Å². The molecule has 2 aliphatic heterocycles. The minimum atomic E-state index is -0.292. The van der Waals surface area contributed by atoms with Gasteiger partial charge in [0.25, 0.3) is 0 Å². The molecule has 14 rings (SSSR count). The van der Waals surface area contributed by atoms with Crippen molar-refractivity contribution in [2.45, 2.75) is 174 Å². The van der Waals surface area contributed by atoms with Gasteiger partial charge in [-0.15, -0.1) is 0 Å². The molecule has 2 nitrogen and oxygen atoms in total. The summed E-state index contributed by atoms with van der Waals surface area (Å²) in [4.78, 5) is 5.45. The second kappa shape index (κ2) is 15.3. The van der Waals surface area contributed by atoms with Gasteiger partial charge < -0.3 is 9.80 Å². The van der Waals surface area contributed by atoms with Gasteiger partial charge in [-0.3, -0.25) is 0 Å². The summed E-state index contributed by atoms with van der Waals surface area (Å²) in [5.74, 6) is 0.0388. The van der Waals surface area contributed by atoms with E-state index in [2.05, 4.69) is 260 Å². The van der Waals surface area contributed by atoms with Gasteiger partial charge in [0.2, 0.25) is 0 Å². The third-order valence-corrected chi connectivity index (χ3v) is 20.8. The molecule has 8 aromatic carbocycles. The maximum Gasteiger partial charge on any atom is 0.0542 e. The molecule has 0 saturated heterocycles. The molecule has 0 fully saturated rings. The molecule has 0 aromatic heterocycles. The van der Waals surface area contributed by atoms with Gasteiger partial charge in [-0.2, -0.15) is 0 Å². The molecule has 0 amide bonds. The van der Waals surface area contributed by atoms with Gasteiger partial charge in [-0.05, 0) is 174 Å². The number of anilines is 5. The molecule has 8 aromatic rings. The first-order chi connectivity index (χ1) is 36.2. The largest absolute Gasteiger partial charge is 0.309 e. The van der Waals surface area contributed by atoms with Crippen molar-refractivity contribution >= 4 is 44.9 Å². The van der Waals surface area contributed by atoms with Crippen LogP contribution in [0.25, 0.3) is 16.5 Å². The molecule has 1 atom stereocenters. The van der Waals surface area contributed by atoms with Crippen molar-refractivity contribution in [3.05, 3.63) is 234 Å². The third-order valence-electron chi connectivity index (χ3n) is 20.8. The number of hydrogen-bond donors (Lipinski definition) is 0. The van der Waals surface area contributed by atoms with E-state index in [-0.39, 0.29) is 43.8 Å². The number of nitrogens with zero attached hydrogens (tertiary/aromatic N) is 2. The Morgan fingerprint density at radius 1 is 0.442 bits per heavy atom. The minimum absolute atomic E-state index is 0.00132. The van der Waals surface area contributed by atoms with Crippen LogP contribution in [0.4, 0.5) is 28.4 Å². The molecule has 1 unspecified atom stereocenters. The highest BCUT2D eigenvalue weighted by molar-refractivity contribution is 6.06. The Morgan fingerprint density at radius 2 is 0.987 bits per heavy atom. The highest BCUT2D eigenvalue weighted by Gasteiger charge is 2.51. The second-order valence-corrected chi connectivity index (χ2v) is 28.9. The maximum absolute atomic E-state index is 2.74. The number of allylic oxidation sites excluding steroid dienone is 1. The molecule has 6 aliphatic rings. The van der Waals surface area contributed by atoms with Gasteiger partial charge in [0.15, 0.2) is 0 Å². The lowest BCUT2D eigenvalue weighted by molar-refractivity contribution is 0.332. The number of hydrogen-bond acceptors (Lipinski definition) is 2. The van der Waals surface area contributed by atoms with Gasteiger partial charge in [-0.25, -0.2) is 0 Å². The highest BCUT2D eigenvalue weighted by Crippen LogP contribution is 2.66. The van der Waals surface area contributed by atoms with Crippen LogP contribution in [0, 0.1) is 6.92 Å². The number of rotatable bonds is 2. The summed E-state index contributed by atoms with van der Waals surface area (Å²) in [6.45, 7) is 39.3. The molecule has 4 aliphatic carbocycles. The second-order valence-electron chi connectivity index (χ2n) is 28.9. The fraction of sp³-hybridized carbons (Fsp3) is 0.360. The van der Waals surface area contributed by atoms with Crippen molar-refractivity contribution < 1.29 is 0 Å². The average molecular weight is 1010 g/mol. The number of fused-ring (bicyclic) bond motifs is 11. The van der Waals surface area contributed by atoms with Crippen LogP contribution in [0.2, 0.25) is 0 Å². The highest BCUT2D eigenvalue weighted by atomic mass is 15.2. The molecule has 0 radical (unpaired) electrons. The SMILES string of the molecule is Cc1cc2c3c(c1)N(c1cccc4ccccc14)c1cc4c(cc1C3C1=C(c3cc(C(C)(C)C)ccc3C1)N2c1ccc2c(c1)C(C)(C)CCC2(C)C)C(C)(C)c1cc2c(cc1C4(C)C)C(C)(C)c1ccccc1C2(C)C. The van der Waals surface area contributed by atoms with Gasteiger partial charge in [0, 0.05) is 49.8 Å². The number of benzene rings is 8. The van der Waals surface area contributed by atoms with E-state index in [9.17, 15) is 0 Å². The maximum atomic E-state index is 2.74. The molecule has 0 saturated carbocycles. The Kier molecular flexibility index (Phi) is 9.70. The van der Waals surface area contributed by atoms with Crippen molar-refractivity contribution in [2.24, 2.45) is 0 Å². The van der Waals surface area contributed by atoms with Crippen molar-refractivity contribution in [3.8, 4) is 0 Å². The van der Waals surface area contributed by atoms with Gasteiger partial charge in [0.1, 0.15) is 0 Å². The monoisotopic (exact) mass is 1010 g/mol. The zero-order valence-electron chi connectivity index (χ0n) is 48.9. The van der Waals surface area contributed by atoms with Crippen LogP contribution < -0.4 is 9.80 Å². The minimum Gasteiger partial charge on any atom is -0.309 e. The predicted octanol–water partition coefficient (Wildman–Crippen LogP) is 19.8. The van der Waals surface area contributed by atoms with Crippen LogP contribution in [-0.2, 0) is 44.3 Å². The Bertz CT molecular complexity index is 3960. The summed E-state index contributed by atoms with van der Waals surface area (Å²) in [5, 5.41) is 2.52. The first-order valence-electron chi connectivity index (χ1n) is 29.0. The Labute approximate surface area is 460 Å².